The van der Waals surface area contributed by atoms with E-state index in [1.807, 2.05) is 6.92 Å². The number of hydrogen-bond donors (Lipinski definition) is 0. The highest BCUT2D eigenvalue weighted by molar-refractivity contribution is 6.05. The van der Waals surface area contributed by atoms with Crippen LogP contribution in [-0.2, 0) is 9.53 Å². The molecule has 1 aliphatic carbocycles. The topological polar surface area (TPSA) is 26.3 Å². The highest BCUT2D eigenvalue weighted by Gasteiger charge is 2.33. The van der Waals surface area contributed by atoms with E-state index < -0.39 is 0 Å². The average molecular weight is 126 g/mol. The van der Waals surface area contributed by atoms with Gasteiger partial charge in [0.25, 0.3) is 0 Å². The number of Topliss-reactive ketones (excluding diaryl/α,β-unsaturated/α-hetero) is 1. The number of hydrogen-bond acceptors (Lipinski definition) is 2. The van der Waals surface area contributed by atoms with Crippen molar-refractivity contribution in [2.45, 2.75) is 13.8 Å². The van der Waals surface area contributed by atoms with Gasteiger partial charge in [-0.1, -0.05) is 0 Å². The molecule has 0 N–H and O–H groups in total. The van der Waals surface area contributed by atoms with Crippen molar-refractivity contribution in [2.75, 3.05) is 7.11 Å². The second-order valence-corrected chi connectivity index (χ2v) is 2.28. The Morgan fingerprint density at radius 1 is 1.56 bits per heavy atom. The molecule has 1 unspecified atom stereocenters. The van der Waals surface area contributed by atoms with Crippen molar-refractivity contribution in [1.29, 1.82) is 0 Å². The number of ether oxygens (including phenoxy) is 1. The molecule has 2 nitrogen and oxygen atoms in total. The Balaban J connectivity index is 2.83. The number of carbonyl (C=O) groups is 1. The van der Waals surface area contributed by atoms with Gasteiger partial charge < -0.3 is 4.74 Å². The maximum absolute atomic E-state index is 10.8. The van der Waals surface area contributed by atoms with E-state index in [4.69, 9.17) is 4.74 Å². The summed E-state index contributed by atoms with van der Waals surface area (Å²) in [6, 6.07) is 0. The number of allylic oxidation sites excluding steroid dienone is 2. The molecule has 0 heterocycles. The first-order chi connectivity index (χ1) is 4.18. The summed E-state index contributed by atoms with van der Waals surface area (Å²) in [5, 5.41) is 0. The molecule has 0 aliphatic heterocycles. The third-order valence-corrected chi connectivity index (χ3v) is 1.75. The standard InChI is InChI=1S/C7H10O2/c1-4-6(8)5(2)7(4)9-3/h4H,1-3H3. The lowest BCUT2D eigenvalue weighted by atomic mass is 9.85. The Bertz CT molecular complexity index is 179. The van der Waals surface area contributed by atoms with Crippen LogP contribution in [0, 0.1) is 5.92 Å². The van der Waals surface area contributed by atoms with Gasteiger partial charge in [-0.05, 0) is 13.8 Å². The second kappa shape index (κ2) is 1.87. The van der Waals surface area contributed by atoms with Crippen LogP contribution in [0.1, 0.15) is 13.8 Å². The quantitative estimate of drug-likeness (QED) is 0.526. The van der Waals surface area contributed by atoms with E-state index >= 15 is 0 Å². The van der Waals surface area contributed by atoms with Crippen LogP contribution in [0.5, 0.6) is 0 Å². The van der Waals surface area contributed by atoms with Gasteiger partial charge in [0.15, 0.2) is 5.78 Å². The molecule has 0 radical (unpaired) electrons. The third-order valence-electron chi connectivity index (χ3n) is 1.75. The molecule has 1 rings (SSSR count). The first kappa shape index (κ1) is 6.33. The Hall–Kier alpha value is -0.790. The van der Waals surface area contributed by atoms with E-state index in [-0.39, 0.29) is 11.7 Å². The van der Waals surface area contributed by atoms with Gasteiger partial charge in [0.1, 0.15) is 5.76 Å². The zero-order chi connectivity index (χ0) is 7.02. The fourth-order valence-corrected chi connectivity index (χ4v) is 1.14. The predicted molar refractivity (Wildman–Crippen MR) is 33.9 cm³/mol. The summed E-state index contributed by atoms with van der Waals surface area (Å²) >= 11 is 0. The van der Waals surface area contributed by atoms with Gasteiger partial charge in [0, 0.05) is 5.57 Å². The molecule has 0 fully saturated rings. The van der Waals surface area contributed by atoms with Crippen molar-refractivity contribution < 1.29 is 9.53 Å². The molecule has 0 aromatic carbocycles. The lowest BCUT2D eigenvalue weighted by molar-refractivity contribution is -0.121. The highest BCUT2D eigenvalue weighted by Crippen LogP contribution is 2.29. The van der Waals surface area contributed by atoms with Gasteiger partial charge in [-0.2, -0.15) is 0 Å². The maximum atomic E-state index is 10.8. The molecular weight excluding hydrogens is 116 g/mol. The van der Waals surface area contributed by atoms with Gasteiger partial charge in [-0.25, -0.2) is 0 Å². The molecule has 0 aromatic heterocycles. The molecule has 2 heteroatoms. The fourth-order valence-electron chi connectivity index (χ4n) is 1.14. The molecular formula is C7H10O2. The average Bonchev–Trinajstić information content (AvgIpc) is 1.89. The van der Waals surface area contributed by atoms with E-state index in [1.54, 1.807) is 14.0 Å². The predicted octanol–water partition coefficient (Wildman–Crippen LogP) is 1.13. The monoisotopic (exact) mass is 126 g/mol. The summed E-state index contributed by atoms with van der Waals surface area (Å²) in [5.74, 6) is 1.07. The van der Waals surface area contributed by atoms with Crippen molar-refractivity contribution in [3.05, 3.63) is 11.3 Å². The van der Waals surface area contributed by atoms with Crippen LogP contribution in [0.3, 0.4) is 0 Å². The Kier molecular flexibility index (Phi) is 1.31. The molecule has 1 atom stereocenters. The van der Waals surface area contributed by atoms with E-state index in [0.717, 1.165) is 11.3 Å². The van der Waals surface area contributed by atoms with Gasteiger partial charge in [-0.3, -0.25) is 4.79 Å². The van der Waals surface area contributed by atoms with Crippen LogP contribution in [0.4, 0.5) is 0 Å². The van der Waals surface area contributed by atoms with E-state index in [0.29, 0.717) is 0 Å². The SMILES string of the molecule is COC1=C(C)C(=O)C1C. The minimum Gasteiger partial charge on any atom is -0.500 e. The van der Waals surface area contributed by atoms with Gasteiger partial charge in [0.2, 0.25) is 0 Å². The first-order valence-electron chi connectivity index (χ1n) is 2.97. The molecule has 0 saturated carbocycles. The van der Waals surface area contributed by atoms with Crippen LogP contribution >= 0.6 is 0 Å². The van der Waals surface area contributed by atoms with Crippen molar-refractivity contribution in [1.82, 2.24) is 0 Å². The molecule has 0 aromatic rings. The Morgan fingerprint density at radius 2 is 2.11 bits per heavy atom. The number of rotatable bonds is 1. The van der Waals surface area contributed by atoms with Crippen LogP contribution in [0.15, 0.2) is 11.3 Å². The minimum absolute atomic E-state index is 0.00926. The molecule has 0 spiro atoms. The van der Waals surface area contributed by atoms with Crippen molar-refractivity contribution in [3.63, 3.8) is 0 Å². The Morgan fingerprint density at radius 3 is 2.33 bits per heavy atom. The van der Waals surface area contributed by atoms with Gasteiger partial charge in [-0.15, -0.1) is 0 Å². The lowest BCUT2D eigenvalue weighted by Gasteiger charge is -2.24. The normalized spacial score (nSPS) is 26.1. The molecule has 1 aliphatic rings. The van der Waals surface area contributed by atoms with Crippen molar-refractivity contribution >= 4 is 5.78 Å². The molecule has 9 heavy (non-hydrogen) atoms. The van der Waals surface area contributed by atoms with Crippen LogP contribution in [0.25, 0.3) is 0 Å². The third kappa shape index (κ3) is 0.661. The van der Waals surface area contributed by atoms with Gasteiger partial charge >= 0.3 is 0 Å². The second-order valence-electron chi connectivity index (χ2n) is 2.28. The molecule has 0 saturated heterocycles. The Labute approximate surface area is 54.5 Å². The van der Waals surface area contributed by atoms with E-state index in [1.165, 1.54) is 0 Å². The summed E-state index contributed by atoms with van der Waals surface area (Å²) in [6.07, 6.45) is 0. The molecule has 0 bridgehead atoms. The van der Waals surface area contributed by atoms with Crippen molar-refractivity contribution in [2.24, 2.45) is 5.92 Å². The van der Waals surface area contributed by atoms with Gasteiger partial charge in [0.05, 0.1) is 13.0 Å². The summed E-state index contributed by atoms with van der Waals surface area (Å²) in [5.41, 5.74) is 0.782. The zero-order valence-corrected chi connectivity index (χ0v) is 5.89. The number of ketones is 1. The largest absolute Gasteiger partial charge is 0.500 e. The summed E-state index contributed by atoms with van der Waals surface area (Å²) in [6.45, 7) is 3.65. The van der Waals surface area contributed by atoms with E-state index in [9.17, 15) is 4.79 Å². The van der Waals surface area contributed by atoms with Crippen LogP contribution in [-0.4, -0.2) is 12.9 Å². The summed E-state index contributed by atoms with van der Waals surface area (Å²) in [7, 11) is 1.60. The molecule has 0 amide bonds. The number of methoxy groups -OCH3 is 1. The fraction of sp³-hybridized carbons (Fsp3) is 0.571. The summed E-state index contributed by atoms with van der Waals surface area (Å²) < 4.78 is 4.94. The zero-order valence-electron chi connectivity index (χ0n) is 5.89. The summed E-state index contributed by atoms with van der Waals surface area (Å²) in [4.78, 5) is 10.8. The maximum Gasteiger partial charge on any atom is 0.172 e. The van der Waals surface area contributed by atoms with Crippen LogP contribution in [0.2, 0.25) is 0 Å². The molecule has 50 valence electrons. The number of carbonyl (C=O) groups excluding carboxylic acids is 1. The smallest absolute Gasteiger partial charge is 0.172 e. The first-order valence-corrected chi connectivity index (χ1v) is 2.97. The van der Waals surface area contributed by atoms with Crippen molar-refractivity contribution in [3.8, 4) is 0 Å². The van der Waals surface area contributed by atoms with E-state index in [2.05, 4.69) is 0 Å². The lowest BCUT2D eigenvalue weighted by Crippen LogP contribution is -2.28. The highest BCUT2D eigenvalue weighted by atomic mass is 16.5. The minimum atomic E-state index is 0.00926. The van der Waals surface area contributed by atoms with Crippen LogP contribution < -0.4 is 0 Å².